The van der Waals surface area contributed by atoms with Crippen molar-refractivity contribution in [3.05, 3.63) is 0 Å². The Morgan fingerprint density at radius 1 is 1.43 bits per heavy atom. The number of amides is 2. The maximum absolute atomic E-state index is 12.4. The molecule has 0 unspecified atom stereocenters. The summed E-state index contributed by atoms with van der Waals surface area (Å²) >= 11 is 0. The van der Waals surface area contributed by atoms with Gasteiger partial charge in [0.15, 0.2) is 0 Å². The summed E-state index contributed by atoms with van der Waals surface area (Å²) in [5, 5.41) is 9.09. The van der Waals surface area contributed by atoms with Crippen LogP contribution in [0.3, 0.4) is 0 Å². The van der Waals surface area contributed by atoms with Crippen molar-refractivity contribution in [3.63, 3.8) is 0 Å². The Morgan fingerprint density at radius 2 is 2.29 bits per heavy atom. The van der Waals surface area contributed by atoms with Gasteiger partial charge in [-0.15, -0.1) is 6.42 Å². The third-order valence-corrected chi connectivity index (χ3v) is 5.23. The molecule has 114 valence electrons. The number of carbonyl (C=O) groups is 2. The van der Waals surface area contributed by atoms with Gasteiger partial charge in [0.1, 0.15) is 0 Å². The molecule has 2 amide bonds. The van der Waals surface area contributed by atoms with Crippen LogP contribution in [0, 0.1) is 30.1 Å². The highest BCUT2D eigenvalue weighted by atomic mass is 16.2. The van der Waals surface area contributed by atoms with E-state index < -0.39 is 0 Å². The summed E-state index contributed by atoms with van der Waals surface area (Å²) in [6, 6.07) is -0.459. The van der Waals surface area contributed by atoms with Crippen LogP contribution in [-0.2, 0) is 9.59 Å². The van der Waals surface area contributed by atoms with Crippen molar-refractivity contribution in [1.29, 1.82) is 0 Å². The van der Waals surface area contributed by atoms with Gasteiger partial charge in [-0.25, -0.2) is 0 Å². The molecule has 5 heteroatoms. The van der Waals surface area contributed by atoms with Crippen molar-refractivity contribution in [1.82, 2.24) is 16.0 Å². The molecule has 2 aliphatic heterocycles. The number of carbonyl (C=O) groups excluding carboxylic acids is 2. The minimum atomic E-state index is -0.353. The highest BCUT2D eigenvalue weighted by Crippen LogP contribution is 2.37. The third-order valence-electron chi connectivity index (χ3n) is 5.23. The highest BCUT2D eigenvalue weighted by molar-refractivity contribution is 5.84. The molecule has 2 saturated heterocycles. The van der Waals surface area contributed by atoms with Gasteiger partial charge < -0.3 is 16.0 Å². The van der Waals surface area contributed by atoms with Gasteiger partial charge in [-0.1, -0.05) is 12.3 Å². The van der Waals surface area contributed by atoms with Crippen LogP contribution in [0.5, 0.6) is 0 Å². The second-order valence-corrected chi connectivity index (χ2v) is 6.48. The van der Waals surface area contributed by atoms with Crippen molar-refractivity contribution < 1.29 is 9.59 Å². The molecule has 0 aromatic carbocycles. The molecule has 1 saturated carbocycles. The van der Waals surface area contributed by atoms with Crippen LogP contribution in [-0.4, -0.2) is 37.0 Å². The molecule has 5 nitrogen and oxygen atoms in total. The molecule has 3 rings (SSSR count). The van der Waals surface area contributed by atoms with Crippen LogP contribution < -0.4 is 16.0 Å². The molecule has 1 aliphatic carbocycles. The summed E-state index contributed by atoms with van der Waals surface area (Å²) < 4.78 is 0. The van der Waals surface area contributed by atoms with Crippen LogP contribution >= 0.6 is 0 Å². The quantitative estimate of drug-likeness (QED) is 0.639. The summed E-state index contributed by atoms with van der Waals surface area (Å²) in [4.78, 5) is 24.1. The minimum absolute atomic E-state index is 0.00533. The van der Waals surface area contributed by atoms with Crippen molar-refractivity contribution in [3.8, 4) is 12.3 Å². The number of terminal acetylenes is 1. The van der Waals surface area contributed by atoms with Crippen LogP contribution in [0.15, 0.2) is 0 Å². The number of nitrogens with one attached hydrogen (secondary N) is 3. The van der Waals surface area contributed by atoms with Gasteiger partial charge in [0.05, 0.1) is 12.1 Å². The highest BCUT2D eigenvalue weighted by Gasteiger charge is 2.42. The molecule has 5 atom stereocenters. The molecule has 0 aromatic rings. The Kier molecular flexibility index (Phi) is 4.16. The first kappa shape index (κ1) is 14.4. The van der Waals surface area contributed by atoms with Crippen molar-refractivity contribution in [2.75, 3.05) is 13.1 Å². The van der Waals surface area contributed by atoms with Crippen molar-refractivity contribution in [2.24, 2.45) is 17.8 Å². The standard InChI is InChI=1S/C16H23N3O2/c1-2-12(8-10-6-7-17-15(10)20)19-16(21)14-13-5-3-4-11(13)9-18-14/h1,10-14,18H,3-9H2,(H,17,20)(H,19,21)/t10-,11-,12+,13-,14-/m0/s1. The van der Waals surface area contributed by atoms with E-state index in [2.05, 4.69) is 21.9 Å². The first-order valence-corrected chi connectivity index (χ1v) is 7.96. The van der Waals surface area contributed by atoms with Gasteiger partial charge in [0, 0.05) is 12.5 Å². The molecular formula is C16H23N3O2. The first-order chi connectivity index (χ1) is 10.2. The zero-order valence-corrected chi connectivity index (χ0v) is 12.2. The largest absolute Gasteiger partial charge is 0.356 e. The van der Waals surface area contributed by atoms with E-state index in [0.717, 1.165) is 19.4 Å². The molecule has 0 radical (unpaired) electrons. The lowest BCUT2D eigenvalue weighted by Crippen LogP contribution is -2.48. The van der Waals surface area contributed by atoms with E-state index in [1.165, 1.54) is 12.8 Å². The van der Waals surface area contributed by atoms with E-state index in [1.54, 1.807) is 0 Å². The fourth-order valence-corrected chi connectivity index (χ4v) is 4.06. The SMILES string of the molecule is C#C[C@H](C[C@@H]1CCNC1=O)NC(=O)[C@H]1NC[C@@H]2CCC[C@@H]21. The number of rotatable bonds is 4. The molecule has 0 spiro atoms. The topological polar surface area (TPSA) is 70.2 Å². The monoisotopic (exact) mass is 289 g/mol. The zero-order chi connectivity index (χ0) is 14.8. The zero-order valence-electron chi connectivity index (χ0n) is 12.2. The normalized spacial score (nSPS) is 35.9. The molecule has 21 heavy (non-hydrogen) atoms. The van der Waals surface area contributed by atoms with Gasteiger partial charge in [0.2, 0.25) is 11.8 Å². The lowest BCUT2D eigenvalue weighted by Gasteiger charge is -2.21. The van der Waals surface area contributed by atoms with E-state index in [-0.39, 0.29) is 29.8 Å². The first-order valence-electron chi connectivity index (χ1n) is 7.96. The summed E-state index contributed by atoms with van der Waals surface area (Å²) in [7, 11) is 0. The molecule has 2 heterocycles. The summed E-state index contributed by atoms with van der Waals surface area (Å²) in [6.45, 7) is 1.65. The van der Waals surface area contributed by atoms with Crippen LogP contribution in [0.2, 0.25) is 0 Å². The second kappa shape index (κ2) is 6.07. The van der Waals surface area contributed by atoms with Crippen molar-refractivity contribution in [2.45, 2.75) is 44.2 Å². The third kappa shape index (κ3) is 2.91. The van der Waals surface area contributed by atoms with E-state index >= 15 is 0 Å². The van der Waals surface area contributed by atoms with Gasteiger partial charge in [-0.05, 0) is 44.1 Å². The maximum atomic E-state index is 12.4. The summed E-state index contributed by atoms with van der Waals surface area (Å²) in [5.74, 6) is 3.72. The predicted molar refractivity (Wildman–Crippen MR) is 79.1 cm³/mol. The Hall–Kier alpha value is -1.54. The van der Waals surface area contributed by atoms with Gasteiger partial charge in [-0.3, -0.25) is 9.59 Å². The van der Waals surface area contributed by atoms with Crippen molar-refractivity contribution >= 4 is 11.8 Å². The molecular weight excluding hydrogens is 266 g/mol. The lowest BCUT2D eigenvalue weighted by atomic mass is 9.93. The molecule has 0 bridgehead atoms. The van der Waals surface area contributed by atoms with Gasteiger partial charge in [-0.2, -0.15) is 0 Å². The minimum Gasteiger partial charge on any atom is -0.356 e. The van der Waals surface area contributed by atoms with E-state index in [4.69, 9.17) is 6.42 Å². The number of fused-ring (bicyclic) bond motifs is 1. The number of hydrogen-bond acceptors (Lipinski definition) is 3. The van der Waals surface area contributed by atoms with E-state index in [0.29, 0.717) is 24.8 Å². The van der Waals surface area contributed by atoms with E-state index in [9.17, 15) is 9.59 Å². The van der Waals surface area contributed by atoms with E-state index in [1.807, 2.05) is 0 Å². The van der Waals surface area contributed by atoms with Crippen LogP contribution in [0.25, 0.3) is 0 Å². The Labute approximate surface area is 125 Å². The smallest absolute Gasteiger partial charge is 0.238 e. The fourth-order valence-electron chi connectivity index (χ4n) is 4.06. The maximum Gasteiger partial charge on any atom is 0.238 e. The Balaban J connectivity index is 1.55. The average Bonchev–Trinajstić information content (AvgIpc) is 3.15. The molecule has 3 aliphatic rings. The molecule has 0 aromatic heterocycles. The van der Waals surface area contributed by atoms with Crippen LogP contribution in [0.1, 0.15) is 32.1 Å². The summed E-state index contributed by atoms with van der Waals surface area (Å²) in [5.41, 5.74) is 0. The Morgan fingerprint density at radius 3 is 3.00 bits per heavy atom. The van der Waals surface area contributed by atoms with Gasteiger partial charge in [0.25, 0.3) is 0 Å². The average molecular weight is 289 g/mol. The summed E-state index contributed by atoms with van der Waals surface area (Å²) in [6.07, 6.45) is 10.4. The molecule has 3 fully saturated rings. The lowest BCUT2D eigenvalue weighted by molar-refractivity contribution is -0.125. The van der Waals surface area contributed by atoms with Crippen LogP contribution in [0.4, 0.5) is 0 Å². The Bertz CT molecular complexity index is 471. The molecule has 3 N–H and O–H groups in total. The van der Waals surface area contributed by atoms with Gasteiger partial charge >= 0.3 is 0 Å². The second-order valence-electron chi connectivity index (χ2n) is 6.48. The fraction of sp³-hybridized carbons (Fsp3) is 0.750. The predicted octanol–water partition coefficient (Wildman–Crippen LogP) is 0.0187. The number of hydrogen-bond donors (Lipinski definition) is 3.